The van der Waals surface area contributed by atoms with Crippen LogP contribution in [0, 0.1) is 0 Å². The molecule has 4 unspecified atom stereocenters. The first-order valence-electron chi connectivity index (χ1n) is 9.28. The van der Waals surface area contributed by atoms with Gasteiger partial charge >= 0.3 is 0 Å². The fourth-order valence-electron chi connectivity index (χ4n) is 4.55. The number of allylic oxidation sites excluding steroid dienone is 5. The van der Waals surface area contributed by atoms with E-state index in [4.69, 9.17) is 9.98 Å². The molecule has 2 fully saturated rings. The quantitative estimate of drug-likeness (QED) is 0.721. The molecular formula is C20H24N4. The number of nitrogens with one attached hydrogen (secondary N) is 2. The van der Waals surface area contributed by atoms with Crippen LogP contribution in [0.1, 0.15) is 38.5 Å². The van der Waals surface area contributed by atoms with Crippen LogP contribution in [0.5, 0.6) is 0 Å². The van der Waals surface area contributed by atoms with E-state index in [1.165, 1.54) is 37.8 Å². The van der Waals surface area contributed by atoms with E-state index in [-0.39, 0.29) is 0 Å². The SMILES string of the molecule is C1=CC2=NC1=CC1CCC(CC3CCC(CC4=NC(=C2)C=C4)N3)N1. The Morgan fingerprint density at radius 1 is 0.792 bits per heavy atom. The third kappa shape index (κ3) is 2.96. The van der Waals surface area contributed by atoms with Crippen LogP contribution in [0.15, 0.2) is 57.8 Å². The molecule has 0 saturated carbocycles. The molecule has 2 saturated heterocycles. The van der Waals surface area contributed by atoms with E-state index in [0.29, 0.717) is 24.2 Å². The van der Waals surface area contributed by atoms with Gasteiger partial charge in [0.1, 0.15) is 0 Å². The number of fused-ring (bicyclic) bond motifs is 6. The van der Waals surface area contributed by atoms with Crippen LogP contribution in [-0.4, -0.2) is 35.6 Å². The van der Waals surface area contributed by atoms with Crippen molar-refractivity contribution in [2.75, 3.05) is 0 Å². The minimum absolute atomic E-state index is 0.464. The molecule has 5 rings (SSSR count). The maximum absolute atomic E-state index is 4.77. The van der Waals surface area contributed by atoms with Crippen LogP contribution in [0.25, 0.3) is 0 Å². The predicted molar refractivity (Wildman–Crippen MR) is 98.4 cm³/mol. The Morgan fingerprint density at radius 3 is 2.62 bits per heavy atom. The van der Waals surface area contributed by atoms with Crippen LogP contribution in [-0.2, 0) is 0 Å². The van der Waals surface area contributed by atoms with Crippen LogP contribution in [0.4, 0.5) is 0 Å². The lowest BCUT2D eigenvalue weighted by Crippen LogP contribution is -2.37. The van der Waals surface area contributed by atoms with Gasteiger partial charge in [0.25, 0.3) is 0 Å². The molecule has 0 aliphatic carbocycles. The summed E-state index contributed by atoms with van der Waals surface area (Å²) in [5.41, 5.74) is 4.31. The first kappa shape index (κ1) is 14.6. The highest BCUT2D eigenvalue weighted by atomic mass is 15.0. The summed E-state index contributed by atoms with van der Waals surface area (Å²) in [4.78, 5) is 9.50. The van der Waals surface area contributed by atoms with Gasteiger partial charge in [-0.1, -0.05) is 0 Å². The molecule has 4 atom stereocenters. The highest BCUT2D eigenvalue weighted by Gasteiger charge is 2.30. The topological polar surface area (TPSA) is 48.8 Å². The summed E-state index contributed by atoms with van der Waals surface area (Å²) >= 11 is 0. The van der Waals surface area contributed by atoms with Crippen molar-refractivity contribution in [2.24, 2.45) is 9.98 Å². The van der Waals surface area contributed by atoms with Crippen molar-refractivity contribution in [3.63, 3.8) is 0 Å². The Kier molecular flexibility index (Phi) is 3.60. The molecule has 0 radical (unpaired) electrons. The lowest BCUT2D eigenvalue weighted by Gasteiger charge is -2.19. The molecule has 4 nitrogen and oxygen atoms in total. The number of hydrogen-bond acceptors (Lipinski definition) is 4. The Morgan fingerprint density at radius 2 is 1.62 bits per heavy atom. The number of hydrogen-bond donors (Lipinski definition) is 2. The van der Waals surface area contributed by atoms with Crippen LogP contribution in [0.2, 0.25) is 0 Å². The summed E-state index contributed by atoms with van der Waals surface area (Å²) in [6.07, 6.45) is 20.2. The molecule has 124 valence electrons. The minimum Gasteiger partial charge on any atom is -0.311 e. The van der Waals surface area contributed by atoms with Gasteiger partial charge < -0.3 is 10.6 Å². The van der Waals surface area contributed by atoms with Crippen molar-refractivity contribution in [3.05, 3.63) is 47.9 Å². The first-order chi connectivity index (χ1) is 11.8. The summed E-state index contributed by atoms with van der Waals surface area (Å²) in [5, 5.41) is 7.64. The zero-order valence-electron chi connectivity index (χ0n) is 13.9. The van der Waals surface area contributed by atoms with Gasteiger partial charge in [0, 0.05) is 36.3 Å². The van der Waals surface area contributed by atoms with E-state index in [9.17, 15) is 0 Å². The number of aliphatic imine (C=N–C) groups is 2. The van der Waals surface area contributed by atoms with E-state index < -0.39 is 0 Å². The summed E-state index contributed by atoms with van der Waals surface area (Å²) < 4.78 is 0. The maximum atomic E-state index is 4.77. The van der Waals surface area contributed by atoms with Gasteiger partial charge in [0.2, 0.25) is 0 Å². The van der Waals surface area contributed by atoms with Gasteiger partial charge in [-0.3, -0.25) is 4.99 Å². The van der Waals surface area contributed by atoms with Crippen molar-refractivity contribution in [3.8, 4) is 0 Å². The second-order valence-electron chi connectivity index (χ2n) is 7.59. The van der Waals surface area contributed by atoms with Crippen LogP contribution < -0.4 is 10.6 Å². The van der Waals surface area contributed by atoms with Crippen molar-refractivity contribution in [1.82, 2.24) is 10.6 Å². The van der Waals surface area contributed by atoms with Gasteiger partial charge in [-0.25, -0.2) is 4.99 Å². The highest BCUT2D eigenvalue weighted by molar-refractivity contribution is 6.08. The molecule has 8 bridgehead atoms. The molecule has 5 aliphatic heterocycles. The van der Waals surface area contributed by atoms with E-state index in [0.717, 1.165) is 23.5 Å². The fourth-order valence-corrected chi connectivity index (χ4v) is 4.55. The van der Waals surface area contributed by atoms with Crippen LogP contribution >= 0.6 is 0 Å². The smallest absolute Gasteiger partial charge is 0.0659 e. The summed E-state index contributed by atoms with van der Waals surface area (Å²) in [5.74, 6) is 0. The standard InChI is InChI=1S/C20H24N4/c1-2-14-10-16-5-6-18(23-16)12-20-8-7-19(24-20)11-17-4-3-15(22-17)9-13(1)21-14/h1-4,9-10,16,18-20,23-24H,5-8,11-12H2. The van der Waals surface area contributed by atoms with E-state index >= 15 is 0 Å². The third-order valence-corrected chi connectivity index (χ3v) is 5.71. The molecule has 24 heavy (non-hydrogen) atoms. The van der Waals surface area contributed by atoms with Crippen molar-refractivity contribution in [2.45, 2.75) is 62.7 Å². The Hall–Kier alpha value is -1.78. The summed E-state index contributed by atoms with van der Waals surface area (Å²) in [7, 11) is 0. The van der Waals surface area contributed by atoms with Gasteiger partial charge in [-0.05, 0) is 68.6 Å². The average Bonchev–Trinajstić information content (AvgIpc) is 3.32. The van der Waals surface area contributed by atoms with Gasteiger partial charge in [0.05, 0.1) is 17.1 Å². The van der Waals surface area contributed by atoms with Gasteiger partial charge in [0.15, 0.2) is 0 Å². The monoisotopic (exact) mass is 320 g/mol. The predicted octanol–water partition coefficient (Wildman–Crippen LogP) is 2.81. The normalized spacial score (nSPS) is 37.3. The van der Waals surface area contributed by atoms with E-state index in [1.807, 2.05) is 0 Å². The van der Waals surface area contributed by atoms with Crippen molar-refractivity contribution >= 4 is 11.4 Å². The second-order valence-corrected chi connectivity index (χ2v) is 7.59. The Balaban J connectivity index is 1.45. The zero-order chi connectivity index (χ0) is 15.9. The number of rotatable bonds is 0. The molecule has 0 aromatic rings. The molecule has 5 aliphatic rings. The summed E-state index contributed by atoms with van der Waals surface area (Å²) in [6.45, 7) is 0. The molecule has 0 aromatic heterocycles. The molecule has 4 heteroatoms. The second kappa shape index (κ2) is 5.94. The summed E-state index contributed by atoms with van der Waals surface area (Å²) in [6, 6.07) is 2.34. The molecule has 2 N–H and O–H groups in total. The van der Waals surface area contributed by atoms with Gasteiger partial charge in [-0.15, -0.1) is 0 Å². The number of nitrogens with zero attached hydrogens (tertiary/aromatic N) is 2. The fraction of sp³-hybridized carbons (Fsp3) is 0.500. The Bertz CT molecular complexity index is 722. The lowest BCUT2D eigenvalue weighted by molar-refractivity contribution is 0.438. The maximum Gasteiger partial charge on any atom is 0.0659 e. The highest BCUT2D eigenvalue weighted by Crippen LogP contribution is 2.26. The average molecular weight is 320 g/mol. The van der Waals surface area contributed by atoms with Crippen molar-refractivity contribution in [1.29, 1.82) is 0 Å². The van der Waals surface area contributed by atoms with Crippen molar-refractivity contribution < 1.29 is 0 Å². The largest absolute Gasteiger partial charge is 0.311 e. The third-order valence-electron chi connectivity index (χ3n) is 5.71. The molecule has 0 aromatic carbocycles. The first-order valence-corrected chi connectivity index (χ1v) is 9.28. The zero-order valence-corrected chi connectivity index (χ0v) is 13.9. The minimum atomic E-state index is 0.464. The van der Waals surface area contributed by atoms with E-state index in [1.54, 1.807) is 0 Å². The molecule has 5 heterocycles. The molecule has 0 amide bonds. The van der Waals surface area contributed by atoms with E-state index in [2.05, 4.69) is 47.1 Å². The molecule has 0 spiro atoms. The molecular weight excluding hydrogens is 296 g/mol. The van der Waals surface area contributed by atoms with Crippen LogP contribution in [0.3, 0.4) is 0 Å². The van der Waals surface area contributed by atoms with Gasteiger partial charge in [-0.2, -0.15) is 0 Å². The lowest BCUT2D eigenvalue weighted by atomic mass is 10.0. The Labute approximate surface area is 143 Å².